The number of carbonyl (C=O) groups is 2. The molecule has 3 aromatic rings. The normalized spacial score (nSPS) is 13.0. The minimum absolute atomic E-state index is 0.0897. The van der Waals surface area contributed by atoms with Crippen LogP contribution in [0.5, 0.6) is 5.75 Å². The second-order valence-electron chi connectivity index (χ2n) is 8.66. The molecule has 35 heavy (non-hydrogen) atoms. The average Bonchev–Trinajstić information content (AvgIpc) is 3.20. The van der Waals surface area contributed by atoms with Gasteiger partial charge in [0.15, 0.2) is 6.04 Å². The van der Waals surface area contributed by atoms with Gasteiger partial charge in [0.1, 0.15) is 12.4 Å². The number of fused-ring (bicyclic) bond motifs is 3. The van der Waals surface area contributed by atoms with Gasteiger partial charge in [0.25, 0.3) is 0 Å². The van der Waals surface area contributed by atoms with Gasteiger partial charge in [0, 0.05) is 12.5 Å². The summed E-state index contributed by atoms with van der Waals surface area (Å²) in [5, 5.41) is 10.0. The van der Waals surface area contributed by atoms with Crippen molar-refractivity contribution in [2.75, 3.05) is 19.8 Å². The number of carboxylic acid groups (broad SMARTS) is 1. The van der Waals surface area contributed by atoms with Crippen LogP contribution in [0.15, 0.2) is 72.8 Å². The monoisotopic (exact) mass is 473 g/mol. The first-order valence-corrected chi connectivity index (χ1v) is 12.1. The van der Waals surface area contributed by atoms with Crippen LogP contribution < -0.4 is 4.74 Å². The maximum Gasteiger partial charge on any atom is 0.410 e. The van der Waals surface area contributed by atoms with E-state index in [-0.39, 0.29) is 19.1 Å². The van der Waals surface area contributed by atoms with E-state index in [1.165, 1.54) is 4.90 Å². The molecule has 1 unspecified atom stereocenters. The van der Waals surface area contributed by atoms with Gasteiger partial charge < -0.3 is 14.6 Å². The molecule has 0 spiro atoms. The van der Waals surface area contributed by atoms with Gasteiger partial charge in [-0.1, -0.05) is 74.5 Å². The van der Waals surface area contributed by atoms with E-state index in [0.717, 1.165) is 28.7 Å². The van der Waals surface area contributed by atoms with Crippen molar-refractivity contribution in [2.24, 2.45) is 0 Å². The lowest BCUT2D eigenvalue weighted by atomic mass is 9.98. The smallest absolute Gasteiger partial charge is 0.410 e. The fraction of sp³-hybridized carbons (Fsp3) is 0.310. The van der Waals surface area contributed by atoms with Gasteiger partial charge in [-0.2, -0.15) is 0 Å². The molecule has 1 amide bonds. The molecule has 0 heterocycles. The molecule has 4 rings (SSSR count). The summed E-state index contributed by atoms with van der Waals surface area (Å²) in [5.74, 6) is -0.523. The molecule has 6 nitrogen and oxygen atoms in total. The van der Waals surface area contributed by atoms with Gasteiger partial charge in [0.2, 0.25) is 0 Å². The lowest BCUT2D eigenvalue weighted by Crippen LogP contribution is -2.40. The number of aliphatic carboxylic acids is 1. The molecule has 0 aliphatic heterocycles. The molecular formula is C29H31NO5. The largest absolute Gasteiger partial charge is 0.494 e. The predicted octanol–water partition coefficient (Wildman–Crippen LogP) is 6.26. The van der Waals surface area contributed by atoms with E-state index >= 15 is 0 Å². The minimum atomic E-state index is -1.15. The van der Waals surface area contributed by atoms with Crippen LogP contribution in [0.1, 0.15) is 55.3 Å². The topological polar surface area (TPSA) is 76.1 Å². The van der Waals surface area contributed by atoms with Crippen molar-refractivity contribution in [2.45, 2.75) is 38.6 Å². The van der Waals surface area contributed by atoms with Gasteiger partial charge in [-0.05, 0) is 52.8 Å². The Balaban J connectivity index is 1.54. The summed E-state index contributed by atoms with van der Waals surface area (Å²) in [6, 6.07) is 22.0. The van der Waals surface area contributed by atoms with Gasteiger partial charge in [-0.25, -0.2) is 9.59 Å². The molecule has 0 bridgehead atoms. The average molecular weight is 474 g/mol. The van der Waals surface area contributed by atoms with Crippen molar-refractivity contribution in [3.05, 3.63) is 89.5 Å². The van der Waals surface area contributed by atoms with E-state index < -0.39 is 18.1 Å². The maximum absolute atomic E-state index is 13.3. The highest BCUT2D eigenvalue weighted by Gasteiger charge is 2.34. The second kappa shape index (κ2) is 11.1. The summed E-state index contributed by atoms with van der Waals surface area (Å²) < 4.78 is 11.4. The fourth-order valence-corrected chi connectivity index (χ4v) is 4.67. The van der Waals surface area contributed by atoms with Gasteiger partial charge in [0.05, 0.1) is 6.61 Å². The third-order valence-corrected chi connectivity index (χ3v) is 6.25. The lowest BCUT2D eigenvalue weighted by molar-refractivity contribution is -0.143. The standard InChI is InChI=1S/C29H31NO5/c1-3-17-30(27(28(31)32)20-13-15-21(16-14-20)34-18-4-2)29(33)35-19-26-24-11-7-5-9-22(24)23-10-6-8-12-25(23)26/h5-16,26-27H,3-4,17-19H2,1-2H3,(H,31,32). The number of hydrogen-bond acceptors (Lipinski definition) is 4. The molecule has 0 saturated carbocycles. The Labute approximate surface area is 206 Å². The molecule has 1 atom stereocenters. The molecule has 1 aliphatic carbocycles. The zero-order valence-electron chi connectivity index (χ0n) is 20.1. The summed E-state index contributed by atoms with van der Waals surface area (Å²) in [5.41, 5.74) is 5.01. The van der Waals surface area contributed by atoms with Crippen LogP contribution in [0.4, 0.5) is 4.79 Å². The highest BCUT2D eigenvalue weighted by molar-refractivity contribution is 5.82. The summed E-state index contributed by atoms with van der Waals surface area (Å²) >= 11 is 0. The first-order valence-electron chi connectivity index (χ1n) is 12.1. The number of amides is 1. The highest BCUT2D eigenvalue weighted by Crippen LogP contribution is 2.44. The molecule has 1 N–H and O–H groups in total. The van der Waals surface area contributed by atoms with Crippen molar-refractivity contribution < 1.29 is 24.2 Å². The molecule has 3 aromatic carbocycles. The molecule has 0 saturated heterocycles. The molecular weight excluding hydrogens is 442 g/mol. The van der Waals surface area contributed by atoms with Gasteiger partial charge in [-0.15, -0.1) is 0 Å². The molecule has 0 fully saturated rings. The van der Waals surface area contributed by atoms with E-state index in [9.17, 15) is 14.7 Å². The van der Waals surface area contributed by atoms with E-state index in [1.807, 2.05) is 38.1 Å². The quantitative estimate of drug-likeness (QED) is 0.376. The van der Waals surface area contributed by atoms with Crippen molar-refractivity contribution in [3.63, 3.8) is 0 Å². The van der Waals surface area contributed by atoms with E-state index in [4.69, 9.17) is 9.47 Å². The van der Waals surface area contributed by atoms with Crippen molar-refractivity contribution in [1.29, 1.82) is 0 Å². The predicted molar refractivity (Wildman–Crippen MR) is 135 cm³/mol. The van der Waals surface area contributed by atoms with Crippen LogP contribution in [-0.2, 0) is 9.53 Å². The Morgan fingerprint density at radius 3 is 2.03 bits per heavy atom. The molecule has 1 aliphatic rings. The summed E-state index contributed by atoms with van der Waals surface area (Å²) in [6.45, 7) is 4.92. The number of nitrogens with zero attached hydrogens (tertiary/aromatic N) is 1. The van der Waals surface area contributed by atoms with Gasteiger partial charge >= 0.3 is 12.1 Å². The molecule has 0 aromatic heterocycles. The van der Waals surface area contributed by atoms with Crippen LogP contribution in [-0.4, -0.2) is 41.8 Å². The number of carbonyl (C=O) groups excluding carboxylic acids is 1. The Kier molecular flexibility index (Phi) is 7.70. The SMILES string of the molecule is CCCOc1ccc(C(C(=O)O)N(CCC)C(=O)OCC2c3ccccc3-c3ccccc32)cc1. The Hall–Kier alpha value is -3.80. The number of ether oxygens (including phenoxy) is 2. The zero-order valence-corrected chi connectivity index (χ0v) is 20.1. The minimum Gasteiger partial charge on any atom is -0.494 e. The van der Waals surface area contributed by atoms with Crippen LogP contribution in [0, 0.1) is 0 Å². The van der Waals surface area contributed by atoms with E-state index in [2.05, 4.69) is 24.3 Å². The van der Waals surface area contributed by atoms with Crippen molar-refractivity contribution in [1.82, 2.24) is 4.90 Å². The van der Waals surface area contributed by atoms with E-state index in [0.29, 0.717) is 24.3 Å². The fourth-order valence-electron chi connectivity index (χ4n) is 4.67. The summed E-state index contributed by atoms with van der Waals surface area (Å²) in [7, 11) is 0. The van der Waals surface area contributed by atoms with Crippen LogP contribution in [0.3, 0.4) is 0 Å². The van der Waals surface area contributed by atoms with Crippen LogP contribution in [0.2, 0.25) is 0 Å². The summed E-state index contributed by atoms with van der Waals surface area (Å²) in [6.07, 6.45) is 0.851. The first-order chi connectivity index (χ1) is 17.0. The number of rotatable bonds is 10. The molecule has 182 valence electrons. The third kappa shape index (κ3) is 5.16. The Bertz CT molecular complexity index is 1130. The number of hydrogen-bond donors (Lipinski definition) is 1. The summed E-state index contributed by atoms with van der Waals surface area (Å²) in [4.78, 5) is 26.8. The van der Waals surface area contributed by atoms with Gasteiger partial charge in [-0.3, -0.25) is 4.90 Å². The Morgan fingerprint density at radius 1 is 0.886 bits per heavy atom. The van der Waals surface area contributed by atoms with Crippen LogP contribution >= 0.6 is 0 Å². The van der Waals surface area contributed by atoms with Crippen molar-refractivity contribution in [3.8, 4) is 16.9 Å². The van der Waals surface area contributed by atoms with Crippen molar-refractivity contribution >= 4 is 12.1 Å². The first kappa shape index (κ1) is 24.3. The number of benzene rings is 3. The third-order valence-electron chi connectivity index (χ3n) is 6.25. The maximum atomic E-state index is 13.3. The second-order valence-corrected chi connectivity index (χ2v) is 8.66. The zero-order chi connectivity index (χ0) is 24.8. The highest BCUT2D eigenvalue weighted by atomic mass is 16.6. The van der Waals surface area contributed by atoms with Crippen LogP contribution in [0.25, 0.3) is 11.1 Å². The van der Waals surface area contributed by atoms with E-state index in [1.54, 1.807) is 24.3 Å². The molecule has 0 radical (unpaired) electrons. The molecule has 6 heteroatoms. The lowest BCUT2D eigenvalue weighted by Gasteiger charge is -2.29. The Morgan fingerprint density at radius 2 is 1.49 bits per heavy atom. The number of carboxylic acids is 1.